The van der Waals surface area contributed by atoms with Crippen molar-refractivity contribution in [2.75, 3.05) is 9.80 Å². The Morgan fingerprint density at radius 1 is 0.414 bits per heavy atom. The maximum Gasteiger partial charge on any atom is 0.264 e. The lowest BCUT2D eigenvalue weighted by atomic mass is 9.36. The summed E-state index contributed by atoms with van der Waals surface area (Å²) in [6.45, 7) is 35.3. The molecule has 70 heavy (non-hydrogen) atoms. The van der Waals surface area contributed by atoms with E-state index in [0.29, 0.717) is 0 Å². The number of hydrogen-bond donors (Lipinski definition) is 0. The van der Waals surface area contributed by atoms with Gasteiger partial charge in [-0.3, -0.25) is 0 Å². The second-order valence-electron chi connectivity index (χ2n) is 24.5. The van der Waals surface area contributed by atoms with Crippen molar-refractivity contribution < 1.29 is 0 Å². The molecule has 352 valence electrons. The van der Waals surface area contributed by atoms with Crippen LogP contribution in [0.2, 0.25) is 0 Å². The van der Waals surface area contributed by atoms with Gasteiger partial charge in [-0.25, -0.2) is 0 Å². The van der Waals surface area contributed by atoms with Crippen LogP contribution in [-0.2, 0) is 21.7 Å². The second-order valence-corrected chi connectivity index (χ2v) is 26.5. The highest BCUT2D eigenvalue weighted by atomic mass is 32.1. The van der Waals surface area contributed by atoms with Crippen LogP contribution in [0.1, 0.15) is 122 Å². The van der Waals surface area contributed by atoms with Gasteiger partial charge in [-0.05, 0) is 151 Å². The van der Waals surface area contributed by atoms with Crippen molar-refractivity contribution in [1.82, 2.24) is 0 Å². The molecule has 2 aromatic heterocycles. The summed E-state index contributed by atoms with van der Waals surface area (Å²) in [5.41, 5.74) is 24.5. The highest BCUT2D eigenvalue weighted by Crippen LogP contribution is 2.53. The molecule has 0 atom stereocenters. The lowest BCUT2D eigenvalue weighted by Gasteiger charge is -2.45. The summed E-state index contributed by atoms with van der Waals surface area (Å²) in [5.74, 6) is 0. The van der Waals surface area contributed by atoms with E-state index >= 15 is 0 Å². The van der Waals surface area contributed by atoms with E-state index in [2.05, 4.69) is 246 Å². The van der Waals surface area contributed by atoms with Gasteiger partial charge in [-0.1, -0.05) is 168 Å². The number of hydrogen-bond acceptors (Lipinski definition) is 4. The van der Waals surface area contributed by atoms with Crippen LogP contribution in [0, 0.1) is 20.8 Å². The molecule has 0 fully saturated rings. The van der Waals surface area contributed by atoms with Gasteiger partial charge in [0.2, 0.25) is 0 Å². The summed E-state index contributed by atoms with van der Waals surface area (Å²) in [6, 6.07) is 49.8. The predicted molar refractivity (Wildman–Crippen MR) is 311 cm³/mol. The number of rotatable bonds is 4. The molecule has 0 amide bonds. The van der Waals surface area contributed by atoms with Crippen LogP contribution < -0.4 is 25.5 Å². The smallest absolute Gasteiger partial charge is 0.264 e. The van der Waals surface area contributed by atoms with Gasteiger partial charge in [0, 0.05) is 53.1 Å². The summed E-state index contributed by atoms with van der Waals surface area (Å²) in [4.78, 5) is 5.42. The first-order valence-corrected chi connectivity index (χ1v) is 27.0. The van der Waals surface area contributed by atoms with Crippen molar-refractivity contribution in [2.45, 2.75) is 126 Å². The molecular weight excluding hydrogens is 884 g/mol. The minimum atomic E-state index is -0.146. The summed E-state index contributed by atoms with van der Waals surface area (Å²) in [6.07, 6.45) is 0. The highest BCUT2D eigenvalue weighted by molar-refractivity contribution is 7.33. The number of nitrogens with zero attached hydrogens (tertiary/aromatic N) is 2. The molecule has 0 saturated carbocycles. The van der Waals surface area contributed by atoms with Crippen LogP contribution in [0.4, 0.5) is 34.1 Å². The molecule has 7 aromatic carbocycles. The van der Waals surface area contributed by atoms with E-state index in [1.807, 2.05) is 22.7 Å². The Balaban J connectivity index is 1.32. The molecule has 0 bridgehead atoms. The minimum absolute atomic E-state index is 0.0133. The first kappa shape index (κ1) is 46.5. The van der Waals surface area contributed by atoms with Crippen molar-refractivity contribution in [1.29, 1.82) is 0 Å². The average molecular weight is 951 g/mol. The first-order chi connectivity index (χ1) is 33.0. The van der Waals surface area contributed by atoms with E-state index in [9.17, 15) is 0 Å². The maximum atomic E-state index is 2.73. The normalized spacial score (nSPS) is 13.8. The van der Waals surface area contributed by atoms with Gasteiger partial charge >= 0.3 is 0 Å². The van der Waals surface area contributed by atoms with Crippen LogP contribution in [0.25, 0.3) is 42.4 Å². The fourth-order valence-electron chi connectivity index (χ4n) is 11.3. The van der Waals surface area contributed by atoms with E-state index in [4.69, 9.17) is 0 Å². The van der Waals surface area contributed by atoms with Crippen LogP contribution in [-0.4, -0.2) is 6.71 Å². The van der Waals surface area contributed by atoms with Gasteiger partial charge in [0.15, 0.2) is 0 Å². The van der Waals surface area contributed by atoms with E-state index < -0.39 is 0 Å². The predicted octanol–water partition coefficient (Wildman–Crippen LogP) is 17.6. The van der Waals surface area contributed by atoms with Crippen molar-refractivity contribution in [2.24, 2.45) is 0 Å². The molecule has 2 aliphatic heterocycles. The Kier molecular flexibility index (Phi) is 10.7. The fourth-order valence-corrected chi connectivity index (χ4v) is 13.6. The van der Waals surface area contributed by atoms with Gasteiger partial charge in [0.1, 0.15) is 0 Å². The molecule has 0 unspecified atom stereocenters. The Labute approximate surface area is 426 Å². The molecule has 0 spiro atoms. The van der Waals surface area contributed by atoms with Crippen LogP contribution in [0.5, 0.6) is 0 Å². The molecule has 0 N–H and O–H groups in total. The quantitative estimate of drug-likeness (QED) is 0.162. The van der Waals surface area contributed by atoms with Crippen LogP contribution >= 0.6 is 22.7 Å². The summed E-state index contributed by atoms with van der Waals surface area (Å²) >= 11 is 3.85. The summed E-state index contributed by atoms with van der Waals surface area (Å²) in [7, 11) is 0. The third-order valence-electron chi connectivity index (χ3n) is 15.2. The molecular formula is C65H67BN2S2. The number of thiophene rings is 2. The molecule has 5 heteroatoms. The average Bonchev–Trinajstić information content (AvgIpc) is 3.90. The zero-order chi connectivity index (χ0) is 49.6. The SMILES string of the molecule is Cc1cc(C(C)(C)C)cc(C)c1N1c2cc(C(C)(C)C)cc3c2B(c2cc(-c4csc5ccccc45)ccc2N3c2c(C)cc(C(C)(C)C)cc2-c2ccccc2)c2sc3ccc(C(C)(C)C)cc3c21. The Bertz CT molecular complexity index is 3560. The zero-order valence-corrected chi connectivity index (χ0v) is 45.6. The van der Waals surface area contributed by atoms with Crippen molar-refractivity contribution >= 4 is 99.4 Å². The molecule has 0 aliphatic carbocycles. The molecule has 11 rings (SSSR count). The van der Waals surface area contributed by atoms with Crippen molar-refractivity contribution in [3.05, 3.63) is 172 Å². The van der Waals surface area contributed by atoms with Crippen LogP contribution in [0.3, 0.4) is 0 Å². The molecule has 4 heterocycles. The monoisotopic (exact) mass is 950 g/mol. The first-order valence-electron chi connectivity index (χ1n) is 25.3. The van der Waals surface area contributed by atoms with Gasteiger partial charge < -0.3 is 9.80 Å². The Morgan fingerprint density at radius 2 is 0.986 bits per heavy atom. The standard InChI is InChI=1S/C65H67BN2S2/c1-38-29-44(63(7,8)9)30-39(2)58(38)68-54-36-46(65(13,14)15)35-53-57(54)66(61-60(68)49-33-43(62(4,5)6)26-28-56(49)70-61)51-32-42(50-37-69-55-24-20-19-23-47(50)55)25-27-52(51)67(53)59-40(3)31-45(64(10,11)12)34-48(59)41-21-17-16-18-22-41/h16-37H,1-15H3. The van der Waals surface area contributed by atoms with E-state index in [1.165, 1.54) is 131 Å². The van der Waals surface area contributed by atoms with Gasteiger partial charge in [-0.2, -0.15) is 0 Å². The number of fused-ring (bicyclic) bond motifs is 7. The van der Waals surface area contributed by atoms with Crippen LogP contribution in [0.15, 0.2) is 133 Å². The number of aryl methyl sites for hydroxylation is 3. The third kappa shape index (κ3) is 7.48. The third-order valence-corrected chi connectivity index (χ3v) is 17.4. The largest absolute Gasteiger partial charge is 0.311 e. The lowest BCUT2D eigenvalue weighted by Crippen LogP contribution is -2.60. The second kappa shape index (κ2) is 16.1. The zero-order valence-electron chi connectivity index (χ0n) is 44.0. The Hall–Kier alpha value is -5.88. The highest BCUT2D eigenvalue weighted by Gasteiger charge is 2.47. The lowest BCUT2D eigenvalue weighted by molar-refractivity contribution is 0.589. The molecule has 0 radical (unpaired) electrons. The topological polar surface area (TPSA) is 6.48 Å². The fraction of sp³-hybridized carbons (Fsp3) is 0.292. The summed E-state index contributed by atoms with van der Waals surface area (Å²) in [5, 5.41) is 5.02. The van der Waals surface area contributed by atoms with Gasteiger partial charge in [0.25, 0.3) is 6.71 Å². The molecule has 2 nitrogen and oxygen atoms in total. The van der Waals surface area contributed by atoms with Crippen molar-refractivity contribution in [3.63, 3.8) is 0 Å². The van der Waals surface area contributed by atoms with Crippen molar-refractivity contribution in [3.8, 4) is 22.3 Å². The molecule has 9 aromatic rings. The minimum Gasteiger partial charge on any atom is -0.311 e. The van der Waals surface area contributed by atoms with E-state index in [0.717, 1.165) is 0 Å². The van der Waals surface area contributed by atoms with Gasteiger partial charge in [-0.15, -0.1) is 22.7 Å². The van der Waals surface area contributed by atoms with E-state index in [-0.39, 0.29) is 28.4 Å². The van der Waals surface area contributed by atoms with Gasteiger partial charge in [0.05, 0.1) is 17.1 Å². The summed E-state index contributed by atoms with van der Waals surface area (Å²) < 4.78 is 4.06. The molecule has 2 aliphatic rings. The van der Waals surface area contributed by atoms with E-state index in [1.54, 1.807) is 0 Å². The maximum absolute atomic E-state index is 2.73. The number of benzene rings is 7. The molecule has 0 saturated heterocycles. The number of anilines is 6. The Morgan fingerprint density at radius 3 is 1.63 bits per heavy atom.